The van der Waals surface area contributed by atoms with E-state index in [9.17, 15) is 22.8 Å². The van der Waals surface area contributed by atoms with Gasteiger partial charge in [-0.25, -0.2) is 13.2 Å². The van der Waals surface area contributed by atoms with Crippen molar-refractivity contribution in [2.45, 2.75) is 16.7 Å². The summed E-state index contributed by atoms with van der Waals surface area (Å²) in [6.45, 7) is 1.18. The molecule has 36 heavy (non-hydrogen) atoms. The first kappa shape index (κ1) is 25.2. The highest BCUT2D eigenvalue weighted by Crippen LogP contribution is 2.37. The lowest BCUT2D eigenvalue weighted by atomic mass is 10.1. The maximum atomic E-state index is 13.6. The van der Waals surface area contributed by atoms with Crippen molar-refractivity contribution < 1.29 is 32.3 Å². The minimum atomic E-state index is -4.15. The lowest BCUT2D eigenvalue weighted by Crippen LogP contribution is -2.38. The molecular weight excluding hydrogens is 508 g/mol. The third-order valence-corrected chi connectivity index (χ3v) is 7.53. The second-order valence-electron chi connectivity index (χ2n) is 7.69. The maximum absolute atomic E-state index is 13.6. The van der Waals surface area contributed by atoms with Crippen LogP contribution in [0.15, 0.2) is 70.5 Å². The number of carbonyl (C=O) groups excluding carboxylic acids is 3. The van der Waals surface area contributed by atoms with Crippen LogP contribution in [0.1, 0.15) is 27.6 Å². The van der Waals surface area contributed by atoms with Gasteiger partial charge < -0.3 is 14.8 Å². The van der Waals surface area contributed by atoms with Gasteiger partial charge in [0, 0.05) is 5.02 Å². The highest BCUT2D eigenvalue weighted by molar-refractivity contribution is 7.91. The summed E-state index contributed by atoms with van der Waals surface area (Å²) in [6, 6.07) is 14.1. The van der Waals surface area contributed by atoms with E-state index in [4.69, 9.17) is 21.1 Å². The summed E-state index contributed by atoms with van der Waals surface area (Å²) in [5, 5.41) is 2.99. The molecule has 0 spiro atoms. The van der Waals surface area contributed by atoms with Gasteiger partial charge in [-0.15, -0.1) is 0 Å². The molecular formula is C25H21ClN2O7S. The molecule has 0 radical (unpaired) electrons. The molecule has 0 aromatic heterocycles. The van der Waals surface area contributed by atoms with Crippen molar-refractivity contribution in [2.24, 2.45) is 0 Å². The lowest BCUT2D eigenvalue weighted by molar-refractivity contribution is -0.114. The van der Waals surface area contributed by atoms with Crippen molar-refractivity contribution >= 4 is 50.6 Å². The molecule has 0 fully saturated rings. The number of methoxy groups -OCH3 is 1. The molecule has 0 saturated carbocycles. The van der Waals surface area contributed by atoms with Crippen molar-refractivity contribution in [2.75, 3.05) is 30.5 Å². The Kier molecular flexibility index (Phi) is 7.00. The number of carbonyl (C=O) groups is 3. The minimum Gasteiger partial charge on any atom is -0.495 e. The fraction of sp³-hybridized carbons (Fsp3) is 0.160. The first-order valence-corrected chi connectivity index (χ1v) is 12.6. The average Bonchev–Trinajstić information content (AvgIpc) is 2.92. The summed E-state index contributed by atoms with van der Waals surface area (Å²) in [4.78, 5) is 39.6. The third-order valence-electron chi connectivity index (χ3n) is 5.44. The van der Waals surface area contributed by atoms with E-state index in [1.165, 1.54) is 55.6 Å². The number of ether oxygens (including phenoxy) is 2. The Morgan fingerprint density at radius 3 is 2.50 bits per heavy atom. The van der Waals surface area contributed by atoms with E-state index < -0.39 is 34.2 Å². The number of hydrogen-bond acceptors (Lipinski definition) is 7. The van der Waals surface area contributed by atoms with Gasteiger partial charge in [-0.2, -0.15) is 0 Å². The van der Waals surface area contributed by atoms with Crippen LogP contribution in [-0.4, -0.2) is 46.5 Å². The first-order valence-electron chi connectivity index (χ1n) is 10.8. The molecule has 11 heteroatoms. The summed E-state index contributed by atoms with van der Waals surface area (Å²) < 4.78 is 37.2. The van der Waals surface area contributed by atoms with Crippen LogP contribution in [0.4, 0.5) is 11.4 Å². The number of esters is 1. The van der Waals surface area contributed by atoms with Gasteiger partial charge in [-0.3, -0.25) is 14.5 Å². The Labute approximate surface area is 212 Å². The lowest BCUT2D eigenvalue weighted by Gasteiger charge is -2.23. The van der Waals surface area contributed by atoms with E-state index >= 15 is 0 Å². The smallest absolute Gasteiger partial charge is 0.338 e. The monoisotopic (exact) mass is 528 g/mol. The molecule has 3 aromatic carbocycles. The zero-order chi connectivity index (χ0) is 26.0. The molecule has 0 atom stereocenters. The topological polar surface area (TPSA) is 119 Å². The summed E-state index contributed by atoms with van der Waals surface area (Å²) in [5.41, 5.74) is 0.0896. The Balaban J connectivity index is 1.82. The Bertz CT molecular complexity index is 1490. The largest absolute Gasteiger partial charge is 0.495 e. The van der Waals surface area contributed by atoms with Crippen LogP contribution in [0.2, 0.25) is 5.02 Å². The summed E-state index contributed by atoms with van der Waals surface area (Å²) >= 11 is 6.04. The van der Waals surface area contributed by atoms with Gasteiger partial charge in [0.2, 0.25) is 15.7 Å². The average molecular weight is 529 g/mol. The van der Waals surface area contributed by atoms with Gasteiger partial charge in [0.05, 0.1) is 46.0 Å². The highest BCUT2D eigenvalue weighted by Gasteiger charge is 2.37. The Morgan fingerprint density at radius 1 is 1.03 bits per heavy atom. The number of anilines is 2. The van der Waals surface area contributed by atoms with Crippen LogP contribution < -0.4 is 15.0 Å². The van der Waals surface area contributed by atoms with Gasteiger partial charge in [-0.05, 0) is 55.5 Å². The molecule has 1 N–H and O–H groups in total. The number of sulfone groups is 1. The molecule has 1 aliphatic rings. The van der Waals surface area contributed by atoms with E-state index in [1.807, 2.05) is 0 Å². The standard InChI is InChI=1S/C25H21ClN2O7S/c1-3-35-25(31)15-8-11-22-19(12-15)28(24(30)17-6-4-5-7-21(17)36(22,32)33)14-23(29)27-18-13-16(26)9-10-20(18)34-2/h4-13H,3,14H2,1-2H3,(H,27,29). The maximum Gasteiger partial charge on any atom is 0.338 e. The SMILES string of the molecule is CCOC(=O)c1ccc2c(c1)N(CC(=O)Nc1cc(Cl)ccc1OC)C(=O)c1ccccc1S2(=O)=O. The molecule has 186 valence electrons. The van der Waals surface area contributed by atoms with E-state index in [0.717, 1.165) is 4.90 Å². The van der Waals surface area contributed by atoms with Crippen LogP contribution in [0.5, 0.6) is 5.75 Å². The highest BCUT2D eigenvalue weighted by atomic mass is 35.5. The van der Waals surface area contributed by atoms with Crippen LogP contribution in [0, 0.1) is 0 Å². The number of rotatable bonds is 6. The van der Waals surface area contributed by atoms with Gasteiger partial charge >= 0.3 is 5.97 Å². The predicted octanol–water partition coefficient (Wildman–Crippen LogP) is 3.96. The quantitative estimate of drug-likeness (QED) is 0.481. The summed E-state index contributed by atoms with van der Waals surface area (Å²) in [5.74, 6) is -1.72. The summed E-state index contributed by atoms with van der Waals surface area (Å²) in [7, 11) is -2.73. The van der Waals surface area contributed by atoms with Crippen molar-refractivity contribution in [3.8, 4) is 5.75 Å². The number of fused-ring (bicyclic) bond motifs is 2. The number of amides is 2. The van der Waals surface area contributed by atoms with Crippen molar-refractivity contribution in [1.82, 2.24) is 0 Å². The molecule has 1 heterocycles. The van der Waals surface area contributed by atoms with Crippen molar-refractivity contribution in [3.05, 3.63) is 76.8 Å². The fourth-order valence-electron chi connectivity index (χ4n) is 3.82. The number of hydrogen-bond donors (Lipinski definition) is 1. The van der Waals surface area contributed by atoms with Crippen molar-refractivity contribution in [3.63, 3.8) is 0 Å². The molecule has 0 unspecified atom stereocenters. The van der Waals surface area contributed by atoms with Gasteiger partial charge in [0.1, 0.15) is 12.3 Å². The molecule has 0 bridgehead atoms. The molecule has 2 amide bonds. The molecule has 0 aliphatic carbocycles. The fourth-order valence-corrected chi connectivity index (χ4v) is 5.62. The molecule has 1 aliphatic heterocycles. The van der Waals surface area contributed by atoms with E-state index in [-0.39, 0.29) is 38.9 Å². The van der Waals surface area contributed by atoms with Crippen molar-refractivity contribution in [1.29, 1.82) is 0 Å². The zero-order valence-electron chi connectivity index (χ0n) is 19.3. The number of nitrogens with one attached hydrogen (secondary N) is 1. The van der Waals surface area contributed by atoms with E-state index in [0.29, 0.717) is 10.8 Å². The number of nitrogens with zero attached hydrogens (tertiary/aromatic N) is 1. The third kappa shape index (κ3) is 4.65. The predicted molar refractivity (Wildman–Crippen MR) is 133 cm³/mol. The zero-order valence-corrected chi connectivity index (χ0v) is 20.9. The molecule has 3 aromatic rings. The second kappa shape index (κ2) is 10.00. The number of benzene rings is 3. The van der Waals surface area contributed by atoms with Crippen LogP contribution >= 0.6 is 11.6 Å². The van der Waals surface area contributed by atoms with Gasteiger partial charge in [0.25, 0.3) is 5.91 Å². The van der Waals surface area contributed by atoms with E-state index in [2.05, 4.69) is 5.32 Å². The minimum absolute atomic E-state index is 0.0338. The Hall–Kier alpha value is -3.89. The first-order chi connectivity index (χ1) is 17.2. The van der Waals surface area contributed by atoms with Gasteiger partial charge in [0.15, 0.2) is 0 Å². The van der Waals surface area contributed by atoms with Crippen LogP contribution in [-0.2, 0) is 19.4 Å². The normalized spacial score (nSPS) is 13.8. The molecule has 4 rings (SSSR count). The van der Waals surface area contributed by atoms with Crippen LogP contribution in [0.25, 0.3) is 0 Å². The van der Waals surface area contributed by atoms with Crippen LogP contribution in [0.3, 0.4) is 0 Å². The molecule has 9 nitrogen and oxygen atoms in total. The number of halogens is 1. The van der Waals surface area contributed by atoms with Gasteiger partial charge in [-0.1, -0.05) is 23.7 Å². The molecule has 0 saturated heterocycles. The summed E-state index contributed by atoms with van der Waals surface area (Å²) in [6.07, 6.45) is 0. The Morgan fingerprint density at radius 2 is 1.78 bits per heavy atom. The van der Waals surface area contributed by atoms with E-state index in [1.54, 1.807) is 19.1 Å². The second-order valence-corrected chi connectivity index (χ2v) is 10.0.